The number of esters is 1. The van der Waals surface area contributed by atoms with Gasteiger partial charge in [-0.2, -0.15) is 0 Å². The molecule has 0 saturated carbocycles. The van der Waals surface area contributed by atoms with Crippen LogP contribution in [0.2, 0.25) is 0 Å². The number of fused-ring (bicyclic) bond motifs is 4. The molecule has 2 saturated heterocycles. The van der Waals surface area contributed by atoms with Gasteiger partial charge in [-0.3, -0.25) is 0 Å². The molecule has 3 aromatic rings. The van der Waals surface area contributed by atoms with Crippen molar-refractivity contribution in [2.45, 2.75) is 56.9 Å². The molecule has 0 bridgehead atoms. The standard InChI is InChI=1S/C30H30O12/c1-30(2)41-26-24(32)21(10-31)39-29(27(26)42-30)40-25-15-9-19(35-4)18(34-3)8-14(15)22(23-16(25)11-36-28(23)33)13-5-6-17-20(7-13)38-12-37-17/h5-9,21,24,26-27,29,31-32H,10-12H2,1-4H3/t21-,24+,26+,27-,29?/m1/s1. The van der Waals surface area contributed by atoms with E-state index in [2.05, 4.69) is 0 Å². The van der Waals surface area contributed by atoms with Crippen LogP contribution in [0.1, 0.15) is 29.8 Å². The van der Waals surface area contributed by atoms with Crippen LogP contribution < -0.4 is 23.7 Å². The maximum absolute atomic E-state index is 13.3. The molecule has 3 aromatic carbocycles. The number of benzene rings is 3. The maximum Gasteiger partial charge on any atom is 0.339 e. The minimum atomic E-state index is -1.15. The Kier molecular flexibility index (Phi) is 6.37. The fraction of sp³-hybridized carbons (Fsp3) is 0.433. The summed E-state index contributed by atoms with van der Waals surface area (Å²) in [6, 6.07) is 8.98. The molecule has 0 amide bonds. The fourth-order valence-electron chi connectivity index (χ4n) is 6.09. The van der Waals surface area contributed by atoms with Crippen molar-refractivity contribution >= 4 is 16.7 Å². The second kappa shape index (κ2) is 9.89. The van der Waals surface area contributed by atoms with Crippen LogP contribution in [0.3, 0.4) is 0 Å². The van der Waals surface area contributed by atoms with E-state index < -0.39 is 49.1 Å². The van der Waals surface area contributed by atoms with Crippen molar-refractivity contribution in [2.75, 3.05) is 27.6 Å². The summed E-state index contributed by atoms with van der Waals surface area (Å²) in [7, 11) is 3.05. The molecule has 2 fully saturated rings. The van der Waals surface area contributed by atoms with E-state index in [1.54, 1.807) is 32.0 Å². The normalized spacial score (nSPS) is 27.0. The Morgan fingerprint density at radius 1 is 0.929 bits per heavy atom. The minimum absolute atomic E-state index is 0.0545. The Bertz CT molecular complexity index is 1580. The quantitative estimate of drug-likeness (QED) is 0.413. The van der Waals surface area contributed by atoms with E-state index in [1.165, 1.54) is 14.2 Å². The van der Waals surface area contributed by atoms with Crippen LogP contribution in [0.5, 0.6) is 28.7 Å². The van der Waals surface area contributed by atoms with Crippen LogP contribution in [-0.2, 0) is 25.6 Å². The number of carbonyl (C=O) groups excluding carboxylic acids is 1. The van der Waals surface area contributed by atoms with Crippen LogP contribution in [0.25, 0.3) is 21.9 Å². The van der Waals surface area contributed by atoms with Crippen molar-refractivity contribution in [1.29, 1.82) is 0 Å². The first-order chi connectivity index (χ1) is 20.2. The van der Waals surface area contributed by atoms with E-state index in [-0.39, 0.29) is 13.4 Å². The summed E-state index contributed by atoms with van der Waals surface area (Å²) in [5.74, 6) is 0.786. The van der Waals surface area contributed by atoms with Gasteiger partial charge in [-0.25, -0.2) is 4.79 Å². The minimum Gasteiger partial charge on any atom is -0.493 e. The van der Waals surface area contributed by atoms with E-state index in [4.69, 9.17) is 42.6 Å². The zero-order valence-electron chi connectivity index (χ0n) is 23.4. The van der Waals surface area contributed by atoms with Gasteiger partial charge in [-0.15, -0.1) is 0 Å². The predicted octanol–water partition coefficient (Wildman–Crippen LogP) is 2.90. The Balaban J connectivity index is 1.44. The molecule has 42 heavy (non-hydrogen) atoms. The van der Waals surface area contributed by atoms with Crippen LogP contribution in [0, 0.1) is 0 Å². The molecule has 7 rings (SSSR count). The molecule has 0 spiro atoms. The van der Waals surface area contributed by atoms with Crippen LogP contribution in [0.4, 0.5) is 0 Å². The second-order valence-electron chi connectivity index (χ2n) is 10.9. The third kappa shape index (κ3) is 4.13. The third-order valence-corrected chi connectivity index (χ3v) is 7.95. The molecule has 1 unspecified atom stereocenters. The lowest BCUT2D eigenvalue weighted by Gasteiger charge is -2.39. The average Bonchev–Trinajstić information content (AvgIpc) is 3.70. The monoisotopic (exact) mass is 582 g/mol. The van der Waals surface area contributed by atoms with E-state index in [9.17, 15) is 15.0 Å². The summed E-state index contributed by atoms with van der Waals surface area (Å²) < 4.78 is 52.6. The topological polar surface area (TPSA) is 141 Å². The first kappa shape index (κ1) is 27.0. The summed E-state index contributed by atoms with van der Waals surface area (Å²) in [4.78, 5) is 13.3. The molecule has 0 aliphatic carbocycles. The van der Waals surface area contributed by atoms with E-state index >= 15 is 0 Å². The largest absolute Gasteiger partial charge is 0.493 e. The number of rotatable bonds is 6. The Hall–Kier alpha value is -3.81. The van der Waals surface area contributed by atoms with Gasteiger partial charge in [0.1, 0.15) is 30.7 Å². The van der Waals surface area contributed by atoms with E-state index in [0.29, 0.717) is 61.8 Å². The Morgan fingerprint density at radius 3 is 2.38 bits per heavy atom. The molecule has 4 aliphatic heterocycles. The van der Waals surface area contributed by atoms with Crippen molar-refractivity contribution in [3.05, 3.63) is 41.5 Å². The maximum atomic E-state index is 13.3. The molecule has 222 valence electrons. The van der Waals surface area contributed by atoms with Crippen molar-refractivity contribution in [3.63, 3.8) is 0 Å². The summed E-state index contributed by atoms with van der Waals surface area (Å²) in [6.45, 7) is 3.02. The molecule has 0 radical (unpaired) electrons. The van der Waals surface area contributed by atoms with Gasteiger partial charge in [0.05, 0.1) is 26.4 Å². The molecule has 4 aliphatic rings. The van der Waals surface area contributed by atoms with Crippen LogP contribution in [0.15, 0.2) is 30.3 Å². The number of carbonyl (C=O) groups is 1. The van der Waals surface area contributed by atoms with Gasteiger partial charge in [0.15, 0.2) is 34.9 Å². The molecular formula is C30H30O12. The van der Waals surface area contributed by atoms with Gasteiger partial charge in [-0.1, -0.05) is 6.07 Å². The van der Waals surface area contributed by atoms with Crippen molar-refractivity contribution < 1.29 is 57.6 Å². The number of methoxy groups -OCH3 is 2. The van der Waals surface area contributed by atoms with Gasteiger partial charge >= 0.3 is 5.97 Å². The smallest absolute Gasteiger partial charge is 0.339 e. The summed E-state index contributed by atoms with van der Waals surface area (Å²) in [6.07, 6.45) is -4.91. The Morgan fingerprint density at radius 2 is 1.64 bits per heavy atom. The predicted molar refractivity (Wildman–Crippen MR) is 144 cm³/mol. The highest BCUT2D eigenvalue weighted by Gasteiger charge is 2.56. The lowest BCUT2D eigenvalue weighted by Crippen LogP contribution is -2.58. The molecule has 4 heterocycles. The van der Waals surface area contributed by atoms with Gasteiger partial charge in [-0.05, 0) is 49.1 Å². The highest BCUT2D eigenvalue weighted by molar-refractivity contribution is 6.14. The number of cyclic esters (lactones) is 1. The first-order valence-electron chi connectivity index (χ1n) is 13.5. The summed E-state index contributed by atoms with van der Waals surface area (Å²) in [5, 5.41) is 22.0. The molecule has 12 nitrogen and oxygen atoms in total. The second-order valence-corrected chi connectivity index (χ2v) is 10.9. The lowest BCUT2D eigenvalue weighted by atomic mass is 9.89. The number of hydrogen-bond acceptors (Lipinski definition) is 12. The average molecular weight is 583 g/mol. The molecule has 2 N–H and O–H groups in total. The molecule has 5 atom stereocenters. The molecular weight excluding hydrogens is 552 g/mol. The van der Waals surface area contributed by atoms with Crippen LogP contribution >= 0.6 is 0 Å². The summed E-state index contributed by atoms with van der Waals surface area (Å²) in [5.41, 5.74) is 2.11. The van der Waals surface area contributed by atoms with Crippen molar-refractivity contribution in [2.24, 2.45) is 0 Å². The van der Waals surface area contributed by atoms with Gasteiger partial charge in [0, 0.05) is 16.5 Å². The van der Waals surface area contributed by atoms with Crippen LogP contribution in [-0.4, -0.2) is 80.3 Å². The zero-order chi connectivity index (χ0) is 29.3. The van der Waals surface area contributed by atoms with Gasteiger partial charge in [0.25, 0.3) is 0 Å². The number of ether oxygens (including phenoxy) is 9. The third-order valence-electron chi connectivity index (χ3n) is 7.95. The first-order valence-corrected chi connectivity index (χ1v) is 13.5. The van der Waals surface area contributed by atoms with E-state index in [1.807, 2.05) is 12.1 Å². The summed E-state index contributed by atoms with van der Waals surface area (Å²) >= 11 is 0. The van der Waals surface area contributed by atoms with Crippen molar-refractivity contribution in [3.8, 4) is 39.9 Å². The molecule has 12 heteroatoms. The number of aliphatic hydroxyl groups is 2. The lowest BCUT2D eigenvalue weighted by molar-refractivity contribution is -0.252. The number of hydrogen-bond donors (Lipinski definition) is 2. The highest BCUT2D eigenvalue weighted by atomic mass is 16.8. The molecule has 0 aromatic heterocycles. The number of aliphatic hydroxyl groups excluding tert-OH is 2. The fourth-order valence-corrected chi connectivity index (χ4v) is 6.09. The van der Waals surface area contributed by atoms with Gasteiger partial charge < -0.3 is 52.8 Å². The SMILES string of the molecule is COc1cc2c(OC3O[C@H](CO)[C@H](O)[C@@H]4OC(C)(C)O[C@@H]34)c3c(c(-c4ccc5c(c4)OCO5)c2cc1OC)C(=O)OC3. The van der Waals surface area contributed by atoms with Crippen molar-refractivity contribution in [1.82, 2.24) is 0 Å². The zero-order valence-corrected chi connectivity index (χ0v) is 23.4. The Labute approximate surface area is 240 Å². The van der Waals surface area contributed by atoms with E-state index in [0.717, 1.165) is 0 Å². The van der Waals surface area contributed by atoms with Gasteiger partial charge in [0.2, 0.25) is 13.1 Å². The highest BCUT2D eigenvalue weighted by Crippen LogP contribution is 2.50.